The number of methoxy groups -OCH3 is 1. The van der Waals surface area contributed by atoms with Gasteiger partial charge in [-0.1, -0.05) is 0 Å². The molecule has 1 aromatic carbocycles. The molecule has 1 unspecified atom stereocenters. The highest BCUT2D eigenvalue weighted by molar-refractivity contribution is 9.11. The largest absolute Gasteiger partial charge is 0.496 e. The van der Waals surface area contributed by atoms with Crippen LogP contribution in [0.1, 0.15) is 15.8 Å². The average molecular weight is 336 g/mol. The molecule has 0 bridgehead atoms. The molecular formula is C12H9BrClFOS. The van der Waals surface area contributed by atoms with Crippen LogP contribution < -0.4 is 4.74 Å². The Labute approximate surface area is 116 Å². The van der Waals surface area contributed by atoms with Gasteiger partial charge in [0.05, 0.1) is 16.3 Å². The summed E-state index contributed by atoms with van der Waals surface area (Å²) >= 11 is 11.2. The third-order valence-corrected chi connectivity index (χ3v) is 4.60. The molecule has 0 saturated heterocycles. The number of hydrogen-bond donors (Lipinski definition) is 0. The van der Waals surface area contributed by atoms with E-state index in [2.05, 4.69) is 15.9 Å². The van der Waals surface area contributed by atoms with Crippen LogP contribution in [0.4, 0.5) is 4.39 Å². The van der Waals surface area contributed by atoms with Gasteiger partial charge in [0, 0.05) is 10.4 Å². The second-order valence-corrected chi connectivity index (χ2v) is 6.32. The van der Waals surface area contributed by atoms with Crippen LogP contribution >= 0.6 is 38.9 Å². The van der Waals surface area contributed by atoms with Crippen molar-refractivity contribution >= 4 is 38.9 Å². The number of benzene rings is 1. The summed E-state index contributed by atoms with van der Waals surface area (Å²) in [5, 5.41) is -0.406. The molecule has 5 heteroatoms. The number of hydrogen-bond acceptors (Lipinski definition) is 2. The van der Waals surface area contributed by atoms with Gasteiger partial charge in [-0.15, -0.1) is 22.9 Å². The van der Waals surface area contributed by atoms with Crippen LogP contribution in [-0.2, 0) is 0 Å². The summed E-state index contributed by atoms with van der Waals surface area (Å²) in [4.78, 5) is 0.947. The van der Waals surface area contributed by atoms with E-state index in [0.717, 1.165) is 8.66 Å². The molecule has 0 radical (unpaired) electrons. The number of alkyl halides is 1. The number of rotatable bonds is 3. The fourth-order valence-corrected chi connectivity index (χ4v) is 3.32. The Morgan fingerprint density at radius 3 is 2.71 bits per heavy atom. The van der Waals surface area contributed by atoms with Crippen molar-refractivity contribution in [3.05, 3.63) is 50.4 Å². The van der Waals surface area contributed by atoms with Gasteiger partial charge >= 0.3 is 0 Å². The standard InChI is InChI=1S/C12H9BrClFOS/c1-16-9-3-2-7(15)6-8(9)12(14)10-4-5-11(13)17-10/h2-6,12H,1H3. The molecule has 0 spiro atoms. The van der Waals surface area contributed by atoms with Crippen LogP contribution in [0.25, 0.3) is 0 Å². The van der Waals surface area contributed by atoms with Crippen LogP contribution in [0.2, 0.25) is 0 Å². The van der Waals surface area contributed by atoms with Crippen molar-refractivity contribution in [1.29, 1.82) is 0 Å². The molecule has 0 N–H and O–H groups in total. The highest BCUT2D eigenvalue weighted by Crippen LogP contribution is 2.39. The van der Waals surface area contributed by atoms with Crippen LogP contribution in [-0.4, -0.2) is 7.11 Å². The Morgan fingerprint density at radius 1 is 1.35 bits per heavy atom. The molecule has 1 atom stereocenters. The van der Waals surface area contributed by atoms with Crippen molar-refractivity contribution in [2.75, 3.05) is 7.11 Å². The molecule has 0 aliphatic rings. The van der Waals surface area contributed by atoms with Gasteiger partial charge in [-0.2, -0.15) is 0 Å². The minimum Gasteiger partial charge on any atom is -0.496 e. The monoisotopic (exact) mass is 334 g/mol. The zero-order valence-electron chi connectivity index (χ0n) is 8.91. The van der Waals surface area contributed by atoms with Gasteiger partial charge in [-0.05, 0) is 46.3 Å². The van der Waals surface area contributed by atoms with Crippen LogP contribution in [0.5, 0.6) is 5.75 Å². The lowest BCUT2D eigenvalue weighted by Gasteiger charge is -2.12. The van der Waals surface area contributed by atoms with Crippen LogP contribution in [0.15, 0.2) is 34.1 Å². The summed E-state index contributed by atoms with van der Waals surface area (Å²) in [5.74, 6) is 0.276. The van der Waals surface area contributed by atoms with E-state index in [1.165, 1.54) is 23.5 Å². The highest BCUT2D eigenvalue weighted by Gasteiger charge is 2.18. The van der Waals surface area contributed by atoms with E-state index in [0.29, 0.717) is 11.3 Å². The lowest BCUT2D eigenvalue weighted by molar-refractivity contribution is 0.409. The Bertz CT molecular complexity index is 529. The van der Waals surface area contributed by atoms with Gasteiger partial charge < -0.3 is 4.74 Å². The predicted octanol–water partition coefficient (Wildman–Crippen LogP) is 4.99. The lowest BCUT2D eigenvalue weighted by atomic mass is 10.1. The van der Waals surface area contributed by atoms with Crippen LogP contribution in [0.3, 0.4) is 0 Å². The first-order valence-electron chi connectivity index (χ1n) is 4.84. The Balaban J connectivity index is 2.42. The molecule has 0 saturated carbocycles. The van der Waals surface area contributed by atoms with Gasteiger partial charge in [-0.3, -0.25) is 0 Å². The zero-order valence-corrected chi connectivity index (χ0v) is 12.1. The molecule has 0 fully saturated rings. The first-order valence-corrected chi connectivity index (χ1v) is 6.89. The van der Waals surface area contributed by atoms with Crippen molar-refractivity contribution < 1.29 is 9.13 Å². The second kappa shape index (κ2) is 5.38. The van der Waals surface area contributed by atoms with E-state index in [1.54, 1.807) is 13.2 Å². The third-order valence-electron chi connectivity index (χ3n) is 2.31. The molecule has 1 heterocycles. The quantitative estimate of drug-likeness (QED) is 0.718. The maximum Gasteiger partial charge on any atom is 0.124 e. The predicted molar refractivity (Wildman–Crippen MR) is 72.7 cm³/mol. The Kier molecular flexibility index (Phi) is 4.07. The molecular weight excluding hydrogens is 327 g/mol. The maximum absolute atomic E-state index is 13.2. The molecule has 0 aliphatic heterocycles. The van der Waals surface area contributed by atoms with Crippen molar-refractivity contribution in [2.24, 2.45) is 0 Å². The molecule has 2 aromatic rings. The van der Waals surface area contributed by atoms with Gasteiger partial charge in [0.25, 0.3) is 0 Å². The molecule has 17 heavy (non-hydrogen) atoms. The number of ether oxygens (including phenoxy) is 1. The first-order chi connectivity index (χ1) is 8.11. The molecule has 1 aromatic heterocycles. The van der Waals surface area contributed by atoms with E-state index < -0.39 is 5.38 Å². The summed E-state index contributed by atoms with van der Waals surface area (Å²) in [6.45, 7) is 0. The summed E-state index contributed by atoms with van der Waals surface area (Å²) < 4.78 is 19.4. The topological polar surface area (TPSA) is 9.23 Å². The van der Waals surface area contributed by atoms with Crippen molar-refractivity contribution in [1.82, 2.24) is 0 Å². The van der Waals surface area contributed by atoms with Gasteiger partial charge in [0.1, 0.15) is 11.6 Å². The summed E-state index contributed by atoms with van der Waals surface area (Å²) in [5.41, 5.74) is 0.642. The van der Waals surface area contributed by atoms with Gasteiger partial charge in [0.15, 0.2) is 0 Å². The van der Waals surface area contributed by atoms with Gasteiger partial charge in [-0.25, -0.2) is 4.39 Å². The SMILES string of the molecule is COc1ccc(F)cc1C(Cl)c1ccc(Br)s1. The number of thiophene rings is 1. The number of halogens is 3. The lowest BCUT2D eigenvalue weighted by Crippen LogP contribution is -1.96. The van der Waals surface area contributed by atoms with Crippen molar-refractivity contribution in [3.63, 3.8) is 0 Å². The van der Waals surface area contributed by atoms with E-state index in [9.17, 15) is 4.39 Å². The molecule has 2 rings (SSSR count). The summed E-state index contributed by atoms with van der Waals surface area (Å²) in [6.07, 6.45) is 0. The minimum atomic E-state index is -0.406. The van der Waals surface area contributed by atoms with Gasteiger partial charge in [0.2, 0.25) is 0 Å². The maximum atomic E-state index is 13.2. The Morgan fingerprint density at radius 2 is 2.12 bits per heavy atom. The second-order valence-electron chi connectivity index (χ2n) is 3.39. The fourth-order valence-electron chi connectivity index (χ4n) is 1.52. The summed E-state index contributed by atoms with van der Waals surface area (Å²) in [7, 11) is 1.55. The normalized spacial score (nSPS) is 12.5. The minimum absolute atomic E-state index is 0.318. The third kappa shape index (κ3) is 2.81. The zero-order chi connectivity index (χ0) is 12.4. The van der Waals surface area contributed by atoms with Crippen molar-refractivity contribution in [3.8, 4) is 5.75 Å². The molecule has 0 aliphatic carbocycles. The smallest absolute Gasteiger partial charge is 0.124 e. The van der Waals surface area contributed by atoms with E-state index in [4.69, 9.17) is 16.3 Å². The first kappa shape index (κ1) is 12.9. The van der Waals surface area contributed by atoms with E-state index >= 15 is 0 Å². The molecule has 0 amide bonds. The highest BCUT2D eigenvalue weighted by atomic mass is 79.9. The Hall–Kier alpha value is -0.580. The van der Waals surface area contributed by atoms with E-state index in [-0.39, 0.29) is 5.82 Å². The van der Waals surface area contributed by atoms with Crippen LogP contribution in [0, 0.1) is 5.82 Å². The molecule has 1 nitrogen and oxygen atoms in total. The average Bonchev–Trinajstić information content (AvgIpc) is 2.75. The summed E-state index contributed by atoms with van der Waals surface area (Å²) in [6, 6.07) is 8.18. The fraction of sp³-hybridized carbons (Fsp3) is 0.167. The van der Waals surface area contributed by atoms with Crippen molar-refractivity contribution in [2.45, 2.75) is 5.38 Å². The van der Waals surface area contributed by atoms with E-state index in [1.807, 2.05) is 12.1 Å². The molecule has 90 valence electrons.